The lowest BCUT2D eigenvalue weighted by atomic mass is 9.93. The summed E-state index contributed by atoms with van der Waals surface area (Å²) in [6.45, 7) is 4.99. The second-order valence-electron chi connectivity index (χ2n) is 8.62. The summed E-state index contributed by atoms with van der Waals surface area (Å²) in [6.07, 6.45) is 1.91. The summed E-state index contributed by atoms with van der Waals surface area (Å²) in [5.74, 6) is 0.165. The molecule has 0 radical (unpaired) electrons. The summed E-state index contributed by atoms with van der Waals surface area (Å²) < 4.78 is 27.2. The maximum Gasteiger partial charge on any atom is 0.223 e. The first kappa shape index (κ1) is 23.8. The lowest BCUT2D eigenvalue weighted by Crippen LogP contribution is -2.44. The van der Waals surface area contributed by atoms with E-state index in [-0.39, 0.29) is 23.6 Å². The van der Waals surface area contributed by atoms with E-state index in [9.17, 15) is 13.2 Å². The van der Waals surface area contributed by atoms with Gasteiger partial charge in [0.2, 0.25) is 15.9 Å². The molecule has 0 bridgehead atoms. The summed E-state index contributed by atoms with van der Waals surface area (Å²) in [5, 5.41) is 3.67. The number of benzene rings is 2. The number of nitrogens with one attached hydrogen (secondary N) is 1. The molecule has 0 spiro atoms. The summed E-state index contributed by atoms with van der Waals surface area (Å²) in [6, 6.07) is 17.0. The van der Waals surface area contributed by atoms with Gasteiger partial charge in [-0.3, -0.25) is 4.79 Å². The van der Waals surface area contributed by atoms with Crippen molar-refractivity contribution in [3.63, 3.8) is 0 Å². The minimum Gasteiger partial charge on any atom is -0.349 e. The van der Waals surface area contributed by atoms with Crippen LogP contribution in [0, 0.1) is 11.8 Å². The Balaban J connectivity index is 1.59. The van der Waals surface area contributed by atoms with E-state index in [1.165, 1.54) is 4.31 Å². The van der Waals surface area contributed by atoms with Gasteiger partial charge in [0.05, 0.1) is 11.8 Å². The van der Waals surface area contributed by atoms with Crippen LogP contribution in [0.25, 0.3) is 0 Å². The van der Waals surface area contributed by atoms with Crippen molar-refractivity contribution in [3.8, 4) is 0 Å². The van der Waals surface area contributed by atoms with Gasteiger partial charge < -0.3 is 5.32 Å². The molecule has 3 rings (SSSR count). The van der Waals surface area contributed by atoms with Gasteiger partial charge in [-0.15, -0.1) is 0 Å². The maximum absolute atomic E-state index is 13.0. The topological polar surface area (TPSA) is 66.5 Å². The number of sulfonamides is 1. The predicted octanol–water partition coefficient (Wildman–Crippen LogP) is 4.79. The van der Waals surface area contributed by atoms with E-state index in [4.69, 9.17) is 11.6 Å². The van der Waals surface area contributed by atoms with E-state index >= 15 is 0 Å². The van der Waals surface area contributed by atoms with Gasteiger partial charge in [-0.25, -0.2) is 12.7 Å². The van der Waals surface area contributed by atoms with Gasteiger partial charge in [0.15, 0.2) is 0 Å². The molecule has 2 aromatic rings. The molecule has 1 fully saturated rings. The monoisotopic (exact) mass is 462 g/mol. The average molecular weight is 463 g/mol. The third kappa shape index (κ3) is 6.55. The van der Waals surface area contributed by atoms with Gasteiger partial charge in [-0.2, -0.15) is 0 Å². The van der Waals surface area contributed by atoms with Crippen LogP contribution in [0.15, 0.2) is 54.6 Å². The highest BCUT2D eigenvalue weighted by Crippen LogP contribution is 2.26. The summed E-state index contributed by atoms with van der Waals surface area (Å²) in [5.41, 5.74) is 1.70. The minimum absolute atomic E-state index is 0.0117. The van der Waals surface area contributed by atoms with Gasteiger partial charge in [-0.1, -0.05) is 74.0 Å². The van der Waals surface area contributed by atoms with Crippen LogP contribution in [-0.2, 0) is 20.6 Å². The van der Waals surface area contributed by atoms with Gasteiger partial charge in [-0.05, 0) is 42.4 Å². The molecule has 2 aromatic carbocycles. The Morgan fingerprint density at radius 3 is 2.29 bits per heavy atom. The second-order valence-corrected chi connectivity index (χ2v) is 11.0. The highest BCUT2D eigenvalue weighted by Gasteiger charge is 2.32. The van der Waals surface area contributed by atoms with E-state index in [1.807, 2.05) is 30.3 Å². The molecule has 1 amide bonds. The Labute approximate surface area is 190 Å². The van der Waals surface area contributed by atoms with Crippen LogP contribution >= 0.6 is 11.6 Å². The van der Waals surface area contributed by atoms with Crippen LogP contribution in [0.2, 0.25) is 5.02 Å². The number of rotatable bonds is 8. The van der Waals surface area contributed by atoms with E-state index in [0.717, 1.165) is 12.0 Å². The molecule has 0 aliphatic carbocycles. The first-order chi connectivity index (χ1) is 14.8. The SMILES string of the molecule is CC(C)C[C@H](NC(=O)C1CCN(S(=O)(=O)Cc2ccccc2Cl)CC1)c1ccccc1. The quantitative estimate of drug-likeness (QED) is 0.613. The fourth-order valence-corrected chi connectivity index (χ4v) is 5.90. The van der Waals surface area contributed by atoms with Crippen LogP contribution in [0.5, 0.6) is 0 Å². The van der Waals surface area contributed by atoms with Crippen LogP contribution in [0.1, 0.15) is 50.3 Å². The smallest absolute Gasteiger partial charge is 0.223 e. The molecular formula is C24H31ClN2O3S. The van der Waals surface area contributed by atoms with Crippen molar-refractivity contribution in [2.24, 2.45) is 11.8 Å². The van der Waals surface area contributed by atoms with Crippen molar-refractivity contribution in [1.82, 2.24) is 9.62 Å². The first-order valence-corrected chi connectivity index (χ1v) is 12.8. The van der Waals surface area contributed by atoms with Crippen molar-refractivity contribution >= 4 is 27.5 Å². The molecule has 0 saturated carbocycles. The Bertz CT molecular complexity index is 971. The van der Waals surface area contributed by atoms with Crippen LogP contribution in [-0.4, -0.2) is 31.7 Å². The lowest BCUT2D eigenvalue weighted by Gasteiger charge is -2.32. The summed E-state index contributed by atoms with van der Waals surface area (Å²) in [7, 11) is -3.47. The average Bonchev–Trinajstić information content (AvgIpc) is 2.75. The van der Waals surface area contributed by atoms with Gasteiger partial charge in [0, 0.05) is 24.0 Å². The highest BCUT2D eigenvalue weighted by molar-refractivity contribution is 7.88. The molecule has 168 valence electrons. The molecule has 1 saturated heterocycles. The molecule has 1 aliphatic heterocycles. The predicted molar refractivity (Wildman–Crippen MR) is 125 cm³/mol. The van der Waals surface area contributed by atoms with Crippen molar-refractivity contribution in [3.05, 3.63) is 70.7 Å². The van der Waals surface area contributed by atoms with Crippen LogP contribution in [0.3, 0.4) is 0 Å². The summed E-state index contributed by atoms with van der Waals surface area (Å²) >= 11 is 6.13. The largest absolute Gasteiger partial charge is 0.349 e. The fraction of sp³-hybridized carbons (Fsp3) is 0.458. The molecule has 1 atom stereocenters. The normalized spacial score (nSPS) is 16.9. The first-order valence-electron chi connectivity index (χ1n) is 10.8. The molecule has 0 aromatic heterocycles. The number of carbonyl (C=O) groups excluding carboxylic acids is 1. The Morgan fingerprint density at radius 2 is 1.68 bits per heavy atom. The van der Waals surface area contributed by atoms with Crippen LogP contribution < -0.4 is 5.32 Å². The molecule has 31 heavy (non-hydrogen) atoms. The number of hydrogen-bond donors (Lipinski definition) is 1. The number of halogens is 1. The zero-order valence-electron chi connectivity index (χ0n) is 18.1. The van der Waals surface area contributed by atoms with Crippen LogP contribution in [0.4, 0.5) is 0 Å². The molecule has 5 nitrogen and oxygen atoms in total. The molecule has 1 heterocycles. The van der Waals surface area contributed by atoms with Gasteiger partial charge >= 0.3 is 0 Å². The highest BCUT2D eigenvalue weighted by atomic mass is 35.5. The van der Waals surface area contributed by atoms with Gasteiger partial charge in [0.1, 0.15) is 0 Å². The zero-order valence-corrected chi connectivity index (χ0v) is 19.7. The van der Waals surface area contributed by atoms with E-state index < -0.39 is 10.0 Å². The fourth-order valence-electron chi connectivity index (χ4n) is 4.02. The van der Waals surface area contributed by atoms with Crippen molar-refractivity contribution in [2.45, 2.75) is 44.9 Å². The number of hydrogen-bond acceptors (Lipinski definition) is 3. The molecule has 7 heteroatoms. The van der Waals surface area contributed by atoms with Gasteiger partial charge in [0.25, 0.3) is 0 Å². The Hall–Kier alpha value is -1.89. The lowest BCUT2D eigenvalue weighted by molar-refractivity contribution is -0.127. The second kappa shape index (κ2) is 10.6. The third-order valence-corrected chi connectivity index (χ3v) is 7.94. The zero-order chi connectivity index (χ0) is 22.4. The number of amides is 1. The van der Waals surface area contributed by atoms with E-state index in [0.29, 0.717) is 42.4 Å². The van der Waals surface area contributed by atoms with Crippen molar-refractivity contribution in [1.29, 1.82) is 0 Å². The minimum atomic E-state index is -3.47. The van der Waals surface area contributed by atoms with Crippen molar-refractivity contribution in [2.75, 3.05) is 13.1 Å². The number of nitrogens with zero attached hydrogens (tertiary/aromatic N) is 1. The standard InChI is InChI=1S/C24H31ClN2O3S/c1-18(2)16-23(19-8-4-3-5-9-19)26-24(28)20-12-14-27(15-13-20)31(29,30)17-21-10-6-7-11-22(21)25/h3-11,18,20,23H,12-17H2,1-2H3,(H,26,28)/t23-/m0/s1. The number of carbonyl (C=O) groups is 1. The summed E-state index contributed by atoms with van der Waals surface area (Å²) in [4.78, 5) is 13.0. The number of piperidine rings is 1. The van der Waals surface area contributed by atoms with Crippen molar-refractivity contribution < 1.29 is 13.2 Å². The maximum atomic E-state index is 13.0. The molecule has 0 unspecified atom stereocenters. The van der Waals surface area contributed by atoms with E-state index in [1.54, 1.807) is 24.3 Å². The molecule has 1 aliphatic rings. The molecule has 1 N–H and O–H groups in total. The Morgan fingerprint density at radius 1 is 1.06 bits per heavy atom. The van der Waals surface area contributed by atoms with E-state index in [2.05, 4.69) is 19.2 Å². The third-order valence-electron chi connectivity index (χ3n) is 5.74. The molecular weight excluding hydrogens is 432 g/mol. The Kier molecular flexibility index (Phi) is 8.14.